The van der Waals surface area contributed by atoms with Crippen LogP contribution in [0.3, 0.4) is 0 Å². The zero-order chi connectivity index (χ0) is 17.6. The summed E-state index contributed by atoms with van der Waals surface area (Å²) in [4.78, 5) is 4.46. The van der Waals surface area contributed by atoms with Crippen LogP contribution < -0.4 is 20.7 Å². The number of benzene rings is 3. The number of nitrogens with zero attached hydrogens (tertiary/aromatic N) is 1. The molecule has 1 aromatic heterocycles. The molecule has 1 nitrogen and oxygen atoms in total. The second-order valence-electron chi connectivity index (χ2n) is 6.95. The Hall–Kier alpha value is -2.97. The molecule has 2 heterocycles. The SMILES string of the molecule is Cc1ccc2c(c1)-c1cnccc1[Si]2(c1ccccc1)c1ccccc1. The van der Waals surface area contributed by atoms with E-state index in [1.54, 1.807) is 0 Å². The third kappa shape index (κ3) is 1.99. The minimum absolute atomic E-state index is 1.30. The summed E-state index contributed by atoms with van der Waals surface area (Å²) in [5, 5.41) is 5.79. The molecule has 0 spiro atoms. The Morgan fingerprint density at radius 1 is 0.654 bits per heavy atom. The molecule has 3 aromatic carbocycles. The van der Waals surface area contributed by atoms with Crippen LogP contribution in [0.2, 0.25) is 0 Å². The van der Waals surface area contributed by atoms with Crippen molar-refractivity contribution in [3.05, 3.63) is 103 Å². The minimum atomic E-state index is -2.29. The van der Waals surface area contributed by atoms with Crippen molar-refractivity contribution in [1.29, 1.82) is 0 Å². The van der Waals surface area contributed by atoms with Crippen molar-refractivity contribution in [2.24, 2.45) is 0 Å². The summed E-state index contributed by atoms with van der Waals surface area (Å²) >= 11 is 0. The number of aromatic nitrogens is 1. The summed E-state index contributed by atoms with van der Waals surface area (Å²) in [5.41, 5.74) is 3.95. The normalized spacial score (nSPS) is 13.9. The molecule has 0 saturated carbocycles. The first kappa shape index (κ1) is 15.3. The largest absolute Gasteiger partial charge is 0.264 e. The Bertz CT molecular complexity index is 1050. The highest BCUT2D eigenvalue weighted by Crippen LogP contribution is 2.28. The highest BCUT2D eigenvalue weighted by Gasteiger charge is 2.48. The fraction of sp³-hybridized carbons (Fsp3) is 0.0417. The van der Waals surface area contributed by atoms with E-state index in [4.69, 9.17) is 0 Å². The molecule has 0 radical (unpaired) electrons. The maximum Gasteiger partial charge on any atom is 0.180 e. The van der Waals surface area contributed by atoms with Gasteiger partial charge >= 0.3 is 0 Å². The summed E-state index contributed by atoms with van der Waals surface area (Å²) in [7, 11) is -2.29. The van der Waals surface area contributed by atoms with Gasteiger partial charge < -0.3 is 0 Å². The molecule has 1 aliphatic rings. The van der Waals surface area contributed by atoms with Crippen molar-refractivity contribution in [3.63, 3.8) is 0 Å². The van der Waals surface area contributed by atoms with Gasteiger partial charge in [0.05, 0.1) is 0 Å². The van der Waals surface area contributed by atoms with Gasteiger partial charge in [-0.15, -0.1) is 0 Å². The summed E-state index contributed by atoms with van der Waals surface area (Å²) in [6.45, 7) is 2.17. The number of fused-ring (bicyclic) bond motifs is 3. The average molecular weight is 350 g/mol. The van der Waals surface area contributed by atoms with Crippen molar-refractivity contribution >= 4 is 28.8 Å². The quantitative estimate of drug-likeness (QED) is 0.447. The van der Waals surface area contributed by atoms with E-state index >= 15 is 0 Å². The molecule has 0 fully saturated rings. The zero-order valence-corrected chi connectivity index (χ0v) is 15.7. The van der Waals surface area contributed by atoms with Gasteiger partial charge in [0.15, 0.2) is 8.07 Å². The first-order valence-corrected chi connectivity index (χ1v) is 11.0. The fourth-order valence-electron chi connectivity index (χ4n) is 4.45. The topological polar surface area (TPSA) is 12.9 Å². The van der Waals surface area contributed by atoms with Crippen LogP contribution in [0.1, 0.15) is 5.56 Å². The Balaban J connectivity index is 1.98. The van der Waals surface area contributed by atoms with Crippen LogP contribution in [0.4, 0.5) is 0 Å². The standard InChI is InChI=1S/C24H19NSi/c1-18-12-13-23-21(16-18)22-17-25-15-14-24(22)26(23,19-8-4-2-5-9-19)20-10-6-3-7-11-20/h2-17H,1H3. The van der Waals surface area contributed by atoms with Crippen LogP contribution in [0, 0.1) is 6.92 Å². The first-order chi connectivity index (χ1) is 12.8. The van der Waals surface area contributed by atoms with Gasteiger partial charge in [0.25, 0.3) is 0 Å². The predicted octanol–water partition coefficient (Wildman–Crippen LogP) is 2.75. The van der Waals surface area contributed by atoms with Crippen LogP contribution in [-0.2, 0) is 0 Å². The summed E-state index contributed by atoms with van der Waals surface area (Å²) in [6.07, 6.45) is 4.00. The van der Waals surface area contributed by atoms with Crippen molar-refractivity contribution in [2.75, 3.05) is 0 Å². The molecule has 1 aliphatic heterocycles. The van der Waals surface area contributed by atoms with Crippen molar-refractivity contribution in [3.8, 4) is 11.1 Å². The van der Waals surface area contributed by atoms with E-state index in [0.717, 1.165) is 0 Å². The molecule has 5 rings (SSSR count). The number of hydrogen-bond donors (Lipinski definition) is 0. The van der Waals surface area contributed by atoms with E-state index in [1.807, 2.05) is 12.4 Å². The van der Waals surface area contributed by atoms with E-state index < -0.39 is 8.07 Å². The van der Waals surface area contributed by atoms with Crippen molar-refractivity contribution < 1.29 is 0 Å². The second kappa shape index (κ2) is 5.79. The van der Waals surface area contributed by atoms with Crippen molar-refractivity contribution in [1.82, 2.24) is 4.98 Å². The van der Waals surface area contributed by atoms with Gasteiger partial charge in [0.2, 0.25) is 0 Å². The van der Waals surface area contributed by atoms with E-state index in [2.05, 4.69) is 96.8 Å². The smallest absolute Gasteiger partial charge is 0.180 e. The van der Waals surface area contributed by atoms with Crippen LogP contribution >= 0.6 is 0 Å². The summed E-state index contributed by atoms with van der Waals surface area (Å²) < 4.78 is 0. The lowest BCUT2D eigenvalue weighted by Gasteiger charge is -2.31. The molecule has 0 N–H and O–H groups in total. The van der Waals surface area contributed by atoms with Crippen LogP contribution in [-0.4, -0.2) is 13.1 Å². The Labute approximate surface area is 155 Å². The predicted molar refractivity (Wildman–Crippen MR) is 112 cm³/mol. The van der Waals surface area contributed by atoms with Gasteiger partial charge in [-0.05, 0) is 39.3 Å². The molecule has 0 unspecified atom stereocenters. The number of aryl methyl sites for hydroxylation is 1. The monoisotopic (exact) mass is 349 g/mol. The van der Waals surface area contributed by atoms with Gasteiger partial charge in [-0.2, -0.15) is 0 Å². The van der Waals surface area contributed by atoms with Gasteiger partial charge in [-0.3, -0.25) is 4.98 Å². The highest BCUT2D eigenvalue weighted by molar-refractivity contribution is 7.22. The molecule has 0 aliphatic carbocycles. The van der Waals surface area contributed by atoms with Crippen LogP contribution in [0.25, 0.3) is 11.1 Å². The fourth-order valence-corrected chi connectivity index (χ4v) is 9.58. The van der Waals surface area contributed by atoms with E-state index in [1.165, 1.54) is 37.4 Å². The molecule has 2 heteroatoms. The minimum Gasteiger partial charge on any atom is -0.264 e. The van der Waals surface area contributed by atoms with E-state index in [-0.39, 0.29) is 0 Å². The lowest BCUT2D eigenvalue weighted by molar-refractivity contribution is 1.34. The third-order valence-corrected chi connectivity index (χ3v) is 10.4. The number of rotatable bonds is 2. The molecule has 0 atom stereocenters. The molecule has 0 amide bonds. The Morgan fingerprint density at radius 2 is 1.27 bits per heavy atom. The lowest BCUT2D eigenvalue weighted by atomic mass is 10.1. The van der Waals surface area contributed by atoms with Gasteiger partial charge in [0, 0.05) is 18.0 Å². The lowest BCUT2D eigenvalue weighted by Crippen LogP contribution is -2.72. The number of pyridine rings is 1. The third-order valence-electron chi connectivity index (χ3n) is 5.51. The highest BCUT2D eigenvalue weighted by atomic mass is 28.3. The molecule has 124 valence electrons. The van der Waals surface area contributed by atoms with E-state index in [9.17, 15) is 0 Å². The molecule has 0 bridgehead atoms. The Kier molecular flexibility index (Phi) is 3.40. The van der Waals surface area contributed by atoms with Crippen LogP contribution in [0.5, 0.6) is 0 Å². The molecular weight excluding hydrogens is 330 g/mol. The van der Waals surface area contributed by atoms with Crippen molar-refractivity contribution in [2.45, 2.75) is 6.92 Å². The average Bonchev–Trinajstić information content (AvgIpc) is 3.00. The maximum absolute atomic E-state index is 4.46. The zero-order valence-electron chi connectivity index (χ0n) is 14.7. The molecule has 4 aromatic rings. The van der Waals surface area contributed by atoms with Gasteiger partial charge in [0.1, 0.15) is 0 Å². The number of hydrogen-bond acceptors (Lipinski definition) is 1. The van der Waals surface area contributed by atoms with Gasteiger partial charge in [-0.1, -0.05) is 84.4 Å². The van der Waals surface area contributed by atoms with Crippen LogP contribution in [0.15, 0.2) is 97.3 Å². The first-order valence-electron chi connectivity index (χ1n) is 8.99. The Morgan fingerprint density at radius 3 is 1.92 bits per heavy atom. The maximum atomic E-state index is 4.46. The molecular formula is C24H19NSi. The molecule has 26 heavy (non-hydrogen) atoms. The van der Waals surface area contributed by atoms with Gasteiger partial charge in [-0.25, -0.2) is 0 Å². The van der Waals surface area contributed by atoms with E-state index in [0.29, 0.717) is 0 Å². The molecule has 0 saturated heterocycles. The summed E-state index contributed by atoms with van der Waals surface area (Å²) in [6, 6.07) is 31.3. The summed E-state index contributed by atoms with van der Waals surface area (Å²) in [5.74, 6) is 0. The second-order valence-corrected chi connectivity index (χ2v) is 10.7.